The highest BCUT2D eigenvalue weighted by molar-refractivity contribution is 6.32. The van der Waals surface area contributed by atoms with Crippen LogP contribution in [-0.4, -0.2) is 15.7 Å². The van der Waals surface area contributed by atoms with Crippen molar-refractivity contribution in [1.82, 2.24) is 9.78 Å². The van der Waals surface area contributed by atoms with Gasteiger partial charge in [0.25, 0.3) is 5.91 Å². The molecule has 0 aliphatic rings. The molecule has 0 aliphatic heterocycles. The lowest BCUT2D eigenvalue weighted by Gasteiger charge is -2.16. The maximum atomic E-state index is 12.7. The third-order valence-corrected chi connectivity index (χ3v) is 4.79. The standard InChI is InChI=1S/C21H22ClN3O/c1-3-16-10-11-19(22)18(4-2)20(16)24-21(26)17-8-6-15(7-9-17)14-25-13-5-12-23-25/h5-13H,3-4,14H2,1-2H3,(H,24,26). The molecule has 0 fully saturated rings. The number of nitrogens with zero attached hydrogens (tertiary/aromatic N) is 2. The molecular formula is C21H22ClN3O. The highest BCUT2D eigenvalue weighted by Gasteiger charge is 2.14. The van der Waals surface area contributed by atoms with Gasteiger partial charge in [0.05, 0.1) is 6.54 Å². The molecule has 5 heteroatoms. The number of hydrogen-bond acceptors (Lipinski definition) is 2. The van der Waals surface area contributed by atoms with Crippen molar-refractivity contribution in [3.8, 4) is 0 Å². The molecule has 26 heavy (non-hydrogen) atoms. The van der Waals surface area contributed by atoms with E-state index in [1.165, 1.54) is 0 Å². The van der Waals surface area contributed by atoms with Crippen molar-refractivity contribution >= 4 is 23.2 Å². The summed E-state index contributed by atoms with van der Waals surface area (Å²) in [6.07, 6.45) is 5.27. The zero-order valence-electron chi connectivity index (χ0n) is 15.0. The summed E-state index contributed by atoms with van der Waals surface area (Å²) < 4.78 is 1.85. The normalized spacial score (nSPS) is 10.7. The number of aryl methyl sites for hydroxylation is 1. The van der Waals surface area contributed by atoms with Crippen molar-refractivity contribution < 1.29 is 4.79 Å². The van der Waals surface area contributed by atoms with Gasteiger partial charge in [-0.3, -0.25) is 9.48 Å². The topological polar surface area (TPSA) is 46.9 Å². The Bertz CT molecular complexity index is 886. The minimum absolute atomic E-state index is 0.123. The number of hydrogen-bond donors (Lipinski definition) is 1. The monoisotopic (exact) mass is 367 g/mol. The summed E-state index contributed by atoms with van der Waals surface area (Å²) in [6.45, 7) is 4.80. The Hall–Kier alpha value is -2.59. The van der Waals surface area contributed by atoms with Crippen LogP contribution in [-0.2, 0) is 19.4 Å². The zero-order chi connectivity index (χ0) is 18.5. The van der Waals surface area contributed by atoms with E-state index in [2.05, 4.69) is 17.3 Å². The number of rotatable bonds is 6. The van der Waals surface area contributed by atoms with Crippen LogP contribution in [0.4, 0.5) is 5.69 Å². The van der Waals surface area contributed by atoms with Gasteiger partial charge in [-0.2, -0.15) is 5.10 Å². The highest BCUT2D eigenvalue weighted by Crippen LogP contribution is 2.30. The van der Waals surface area contributed by atoms with Gasteiger partial charge < -0.3 is 5.32 Å². The van der Waals surface area contributed by atoms with Crippen molar-refractivity contribution in [2.24, 2.45) is 0 Å². The molecule has 0 saturated heterocycles. The van der Waals surface area contributed by atoms with E-state index in [4.69, 9.17) is 11.6 Å². The van der Waals surface area contributed by atoms with Crippen molar-refractivity contribution in [2.45, 2.75) is 33.2 Å². The Morgan fingerprint density at radius 2 is 1.88 bits per heavy atom. The fraction of sp³-hybridized carbons (Fsp3) is 0.238. The Morgan fingerprint density at radius 3 is 2.50 bits per heavy atom. The number of amides is 1. The van der Waals surface area contributed by atoms with Crippen LogP contribution in [0.3, 0.4) is 0 Å². The molecule has 3 aromatic rings. The van der Waals surface area contributed by atoms with E-state index in [0.29, 0.717) is 17.1 Å². The fourth-order valence-electron chi connectivity index (χ4n) is 3.00. The first-order valence-electron chi connectivity index (χ1n) is 8.80. The summed E-state index contributed by atoms with van der Waals surface area (Å²) in [7, 11) is 0. The molecule has 1 aromatic heterocycles. The summed E-state index contributed by atoms with van der Waals surface area (Å²) in [5, 5.41) is 7.95. The van der Waals surface area contributed by atoms with Crippen LogP contribution in [0, 0.1) is 0 Å². The van der Waals surface area contributed by atoms with Gasteiger partial charge in [0, 0.05) is 28.7 Å². The molecule has 0 aliphatic carbocycles. The van der Waals surface area contributed by atoms with Crippen LogP contribution < -0.4 is 5.32 Å². The lowest BCUT2D eigenvalue weighted by molar-refractivity contribution is 0.102. The maximum Gasteiger partial charge on any atom is 0.255 e. The van der Waals surface area contributed by atoms with Gasteiger partial charge in [0.1, 0.15) is 0 Å². The zero-order valence-corrected chi connectivity index (χ0v) is 15.8. The molecule has 4 nitrogen and oxygen atoms in total. The SMILES string of the molecule is CCc1ccc(Cl)c(CC)c1NC(=O)c1ccc(Cn2cccn2)cc1. The summed E-state index contributed by atoms with van der Waals surface area (Å²) in [6, 6.07) is 13.4. The van der Waals surface area contributed by atoms with Crippen LogP contribution in [0.1, 0.15) is 40.9 Å². The predicted octanol–water partition coefficient (Wildman–Crippen LogP) is 4.96. The number of anilines is 1. The lowest BCUT2D eigenvalue weighted by Crippen LogP contribution is -2.15. The summed E-state index contributed by atoms with van der Waals surface area (Å²) in [5.41, 5.74) is 4.63. The maximum absolute atomic E-state index is 12.7. The van der Waals surface area contributed by atoms with E-state index in [1.54, 1.807) is 6.20 Å². The smallest absolute Gasteiger partial charge is 0.255 e. The van der Waals surface area contributed by atoms with Gasteiger partial charge in [0.15, 0.2) is 0 Å². The summed E-state index contributed by atoms with van der Waals surface area (Å²) in [5.74, 6) is -0.123. The van der Waals surface area contributed by atoms with Gasteiger partial charge in [0.2, 0.25) is 0 Å². The molecule has 2 aromatic carbocycles. The van der Waals surface area contributed by atoms with Crippen molar-refractivity contribution in [2.75, 3.05) is 5.32 Å². The lowest BCUT2D eigenvalue weighted by atomic mass is 10.0. The van der Waals surface area contributed by atoms with Crippen molar-refractivity contribution in [1.29, 1.82) is 0 Å². The van der Waals surface area contributed by atoms with E-state index >= 15 is 0 Å². The van der Waals surface area contributed by atoms with Crippen LogP contribution in [0.25, 0.3) is 0 Å². The third kappa shape index (κ3) is 3.97. The first-order chi connectivity index (χ1) is 12.6. The Kier molecular flexibility index (Phi) is 5.74. The number of halogens is 1. The third-order valence-electron chi connectivity index (χ3n) is 4.43. The van der Waals surface area contributed by atoms with Gasteiger partial charge in [-0.25, -0.2) is 0 Å². The number of benzene rings is 2. The Labute approximate surface area is 158 Å². The summed E-state index contributed by atoms with van der Waals surface area (Å²) in [4.78, 5) is 12.7. The van der Waals surface area contributed by atoms with E-state index in [1.807, 2.05) is 60.3 Å². The first-order valence-corrected chi connectivity index (χ1v) is 9.18. The highest BCUT2D eigenvalue weighted by atomic mass is 35.5. The number of aromatic nitrogens is 2. The quantitative estimate of drug-likeness (QED) is 0.669. The number of carbonyl (C=O) groups excluding carboxylic acids is 1. The van der Waals surface area contributed by atoms with Crippen LogP contribution in [0.5, 0.6) is 0 Å². The molecule has 3 rings (SSSR count). The number of nitrogens with one attached hydrogen (secondary N) is 1. The second kappa shape index (κ2) is 8.19. The van der Waals surface area contributed by atoms with Gasteiger partial charge in [-0.1, -0.05) is 43.6 Å². The van der Waals surface area contributed by atoms with Crippen LogP contribution in [0.2, 0.25) is 5.02 Å². The van der Waals surface area contributed by atoms with Gasteiger partial charge >= 0.3 is 0 Å². The minimum Gasteiger partial charge on any atom is -0.321 e. The van der Waals surface area contributed by atoms with Crippen molar-refractivity contribution in [3.63, 3.8) is 0 Å². The Balaban J connectivity index is 1.79. The molecule has 1 heterocycles. The average molecular weight is 368 g/mol. The van der Waals surface area contributed by atoms with Crippen molar-refractivity contribution in [3.05, 3.63) is 82.1 Å². The first kappa shape index (κ1) is 18.2. The van der Waals surface area contributed by atoms with E-state index < -0.39 is 0 Å². The molecule has 0 radical (unpaired) electrons. The molecule has 0 saturated carbocycles. The molecule has 0 unspecified atom stereocenters. The van der Waals surface area contributed by atoms with E-state index in [-0.39, 0.29) is 5.91 Å². The second-order valence-corrected chi connectivity index (χ2v) is 6.53. The molecule has 134 valence electrons. The molecule has 0 bridgehead atoms. The summed E-state index contributed by atoms with van der Waals surface area (Å²) >= 11 is 6.32. The Morgan fingerprint density at radius 1 is 1.12 bits per heavy atom. The molecule has 0 spiro atoms. The fourth-order valence-corrected chi connectivity index (χ4v) is 3.29. The minimum atomic E-state index is -0.123. The largest absolute Gasteiger partial charge is 0.321 e. The predicted molar refractivity (Wildman–Crippen MR) is 106 cm³/mol. The molecule has 1 N–H and O–H groups in total. The number of carbonyl (C=O) groups is 1. The van der Waals surface area contributed by atoms with Crippen LogP contribution in [0.15, 0.2) is 54.9 Å². The molecular weight excluding hydrogens is 346 g/mol. The van der Waals surface area contributed by atoms with E-state index in [9.17, 15) is 4.79 Å². The molecule has 0 atom stereocenters. The van der Waals surface area contributed by atoms with Gasteiger partial charge in [-0.05, 0) is 53.8 Å². The molecule has 1 amide bonds. The average Bonchev–Trinajstić information content (AvgIpc) is 3.16. The second-order valence-electron chi connectivity index (χ2n) is 6.12. The van der Waals surface area contributed by atoms with E-state index in [0.717, 1.165) is 35.2 Å². The van der Waals surface area contributed by atoms with Crippen LogP contribution >= 0.6 is 11.6 Å². The van der Waals surface area contributed by atoms with Gasteiger partial charge in [-0.15, -0.1) is 0 Å².